The van der Waals surface area contributed by atoms with E-state index >= 15 is 0 Å². The largest absolute Gasteiger partial charge is 0.393 e. The first-order valence-electron chi connectivity index (χ1n) is 6.90. The molecule has 0 spiro atoms. The second-order valence-electron chi connectivity index (χ2n) is 5.08. The third kappa shape index (κ3) is 3.54. The number of benzene rings is 1. The minimum atomic E-state index is -0.323. The van der Waals surface area contributed by atoms with Gasteiger partial charge in [0.25, 0.3) is 5.91 Å². The zero-order chi connectivity index (χ0) is 14.5. The molecule has 1 aromatic carbocycles. The zero-order valence-corrected chi connectivity index (χ0v) is 11.9. The van der Waals surface area contributed by atoms with Crippen LogP contribution in [-0.4, -0.2) is 28.6 Å². The van der Waals surface area contributed by atoms with E-state index in [9.17, 15) is 9.90 Å². The molecule has 0 radical (unpaired) electrons. The van der Waals surface area contributed by atoms with Crippen molar-refractivity contribution in [2.45, 2.75) is 32.8 Å². The fourth-order valence-corrected chi connectivity index (χ4v) is 2.19. The van der Waals surface area contributed by atoms with Crippen molar-refractivity contribution in [2.24, 2.45) is 0 Å². The Bertz CT molecular complexity index is 608. The number of hydrogen-bond donors (Lipinski definition) is 2. The maximum atomic E-state index is 12.3. The molecule has 1 atom stereocenters. The van der Waals surface area contributed by atoms with Gasteiger partial charge in [-0.3, -0.25) is 9.78 Å². The van der Waals surface area contributed by atoms with E-state index in [-0.39, 0.29) is 12.0 Å². The topological polar surface area (TPSA) is 62.2 Å². The number of pyridine rings is 1. The first-order valence-corrected chi connectivity index (χ1v) is 6.90. The zero-order valence-electron chi connectivity index (χ0n) is 11.9. The SMILES string of the molecule is Cc1cc(C(=O)NCCCC(C)O)c2ccccc2n1. The van der Waals surface area contributed by atoms with Crippen LogP contribution in [0.1, 0.15) is 35.8 Å². The van der Waals surface area contributed by atoms with E-state index in [4.69, 9.17) is 0 Å². The number of nitrogens with zero attached hydrogens (tertiary/aromatic N) is 1. The smallest absolute Gasteiger partial charge is 0.252 e. The molecule has 4 heteroatoms. The molecule has 1 unspecified atom stereocenters. The summed E-state index contributed by atoms with van der Waals surface area (Å²) < 4.78 is 0. The Labute approximate surface area is 118 Å². The highest BCUT2D eigenvalue weighted by Gasteiger charge is 2.11. The van der Waals surface area contributed by atoms with Crippen LogP contribution in [0.5, 0.6) is 0 Å². The first kappa shape index (κ1) is 14.5. The molecule has 106 valence electrons. The van der Waals surface area contributed by atoms with Crippen molar-refractivity contribution in [3.63, 3.8) is 0 Å². The highest BCUT2D eigenvalue weighted by Crippen LogP contribution is 2.18. The number of rotatable bonds is 5. The number of aliphatic hydroxyl groups excluding tert-OH is 1. The van der Waals surface area contributed by atoms with Crippen LogP contribution in [0, 0.1) is 6.92 Å². The van der Waals surface area contributed by atoms with Crippen molar-refractivity contribution >= 4 is 16.8 Å². The molecule has 0 bridgehead atoms. The molecule has 2 N–H and O–H groups in total. The van der Waals surface area contributed by atoms with E-state index in [1.807, 2.05) is 37.3 Å². The summed E-state index contributed by atoms with van der Waals surface area (Å²) in [5.74, 6) is -0.0858. The molecule has 1 amide bonds. The number of aryl methyl sites for hydroxylation is 1. The summed E-state index contributed by atoms with van der Waals surface area (Å²) in [4.78, 5) is 16.7. The maximum Gasteiger partial charge on any atom is 0.252 e. The summed E-state index contributed by atoms with van der Waals surface area (Å²) in [6.45, 7) is 4.21. The van der Waals surface area contributed by atoms with Crippen molar-refractivity contribution in [3.05, 3.63) is 41.6 Å². The maximum absolute atomic E-state index is 12.3. The van der Waals surface area contributed by atoms with Gasteiger partial charge in [-0.2, -0.15) is 0 Å². The van der Waals surface area contributed by atoms with Crippen LogP contribution in [0.2, 0.25) is 0 Å². The molecule has 2 aromatic rings. The van der Waals surface area contributed by atoms with Gasteiger partial charge in [0.1, 0.15) is 0 Å². The molecule has 1 heterocycles. The standard InChI is InChI=1S/C16H20N2O2/c1-11-10-14(13-7-3-4-8-15(13)18-11)16(20)17-9-5-6-12(2)19/h3-4,7-8,10,12,19H,5-6,9H2,1-2H3,(H,17,20). The number of carbonyl (C=O) groups excluding carboxylic acids is 1. The number of para-hydroxylation sites is 1. The molecule has 0 fully saturated rings. The van der Waals surface area contributed by atoms with E-state index in [1.54, 1.807) is 6.92 Å². The number of carbonyl (C=O) groups is 1. The molecular weight excluding hydrogens is 252 g/mol. The average molecular weight is 272 g/mol. The van der Waals surface area contributed by atoms with Crippen LogP contribution < -0.4 is 5.32 Å². The lowest BCUT2D eigenvalue weighted by molar-refractivity contribution is 0.0951. The van der Waals surface area contributed by atoms with Crippen LogP contribution in [0.4, 0.5) is 0 Å². The summed E-state index contributed by atoms with van der Waals surface area (Å²) in [5.41, 5.74) is 2.32. The lowest BCUT2D eigenvalue weighted by Gasteiger charge is -2.09. The summed E-state index contributed by atoms with van der Waals surface area (Å²) >= 11 is 0. The summed E-state index contributed by atoms with van der Waals surface area (Å²) in [6.07, 6.45) is 1.14. The molecule has 4 nitrogen and oxygen atoms in total. The molecule has 0 aliphatic carbocycles. The normalized spacial score (nSPS) is 12.3. The Morgan fingerprint density at radius 3 is 2.90 bits per heavy atom. The van der Waals surface area contributed by atoms with E-state index in [2.05, 4.69) is 10.3 Å². The van der Waals surface area contributed by atoms with Gasteiger partial charge in [-0.05, 0) is 38.8 Å². The van der Waals surface area contributed by atoms with Crippen LogP contribution in [0.15, 0.2) is 30.3 Å². The van der Waals surface area contributed by atoms with E-state index in [0.29, 0.717) is 18.5 Å². The lowest BCUT2D eigenvalue weighted by atomic mass is 10.1. The van der Waals surface area contributed by atoms with E-state index in [1.165, 1.54) is 0 Å². The van der Waals surface area contributed by atoms with E-state index in [0.717, 1.165) is 23.0 Å². The molecule has 0 aliphatic heterocycles. The number of hydrogen-bond acceptors (Lipinski definition) is 3. The first-order chi connectivity index (χ1) is 9.58. The monoisotopic (exact) mass is 272 g/mol. The third-order valence-corrected chi connectivity index (χ3v) is 3.17. The Morgan fingerprint density at radius 1 is 1.40 bits per heavy atom. The van der Waals surface area contributed by atoms with E-state index < -0.39 is 0 Å². The fraction of sp³-hybridized carbons (Fsp3) is 0.375. The van der Waals surface area contributed by atoms with Crippen molar-refractivity contribution in [1.82, 2.24) is 10.3 Å². The molecule has 2 rings (SSSR count). The Morgan fingerprint density at radius 2 is 2.15 bits per heavy atom. The number of aliphatic hydroxyl groups is 1. The Balaban J connectivity index is 2.13. The van der Waals surface area contributed by atoms with Gasteiger partial charge in [-0.15, -0.1) is 0 Å². The van der Waals surface area contributed by atoms with Crippen LogP contribution in [0.25, 0.3) is 10.9 Å². The van der Waals surface area contributed by atoms with Gasteiger partial charge in [-0.25, -0.2) is 0 Å². The van der Waals surface area contributed by atoms with Gasteiger partial charge in [0, 0.05) is 17.6 Å². The van der Waals surface area contributed by atoms with Crippen molar-refractivity contribution < 1.29 is 9.90 Å². The molecule has 1 aromatic heterocycles. The third-order valence-electron chi connectivity index (χ3n) is 3.17. The van der Waals surface area contributed by atoms with Crippen LogP contribution in [0.3, 0.4) is 0 Å². The predicted molar refractivity (Wildman–Crippen MR) is 79.7 cm³/mol. The van der Waals surface area contributed by atoms with Gasteiger partial charge in [0.2, 0.25) is 0 Å². The van der Waals surface area contributed by atoms with Crippen LogP contribution in [-0.2, 0) is 0 Å². The van der Waals surface area contributed by atoms with Crippen LogP contribution >= 0.6 is 0 Å². The minimum absolute atomic E-state index is 0.0858. The predicted octanol–water partition coefficient (Wildman–Crippen LogP) is 2.43. The molecule has 0 saturated carbocycles. The highest BCUT2D eigenvalue weighted by molar-refractivity contribution is 6.06. The lowest BCUT2D eigenvalue weighted by Crippen LogP contribution is -2.25. The Hall–Kier alpha value is -1.94. The van der Waals surface area contributed by atoms with Crippen molar-refractivity contribution in [3.8, 4) is 0 Å². The van der Waals surface area contributed by atoms with Gasteiger partial charge < -0.3 is 10.4 Å². The summed E-state index contributed by atoms with van der Waals surface area (Å²) in [7, 11) is 0. The number of nitrogens with one attached hydrogen (secondary N) is 1. The van der Waals surface area contributed by atoms with Gasteiger partial charge in [0.15, 0.2) is 0 Å². The van der Waals surface area contributed by atoms with Gasteiger partial charge in [-0.1, -0.05) is 18.2 Å². The van der Waals surface area contributed by atoms with Crippen molar-refractivity contribution in [2.75, 3.05) is 6.54 Å². The number of fused-ring (bicyclic) bond motifs is 1. The quantitative estimate of drug-likeness (QED) is 0.822. The Kier molecular flexibility index (Phi) is 4.69. The van der Waals surface area contributed by atoms with Gasteiger partial charge in [0.05, 0.1) is 17.2 Å². The number of amides is 1. The second kappa shape index (κ2) is 6.48. The molecule has 0 saturated heterocycles. The average Bonchev–Trinajstić information content (AvgIpc) is 2.42. The summed E-state index contributed by atoms with van der Waals surface area (Å²) in [5, 5.41) is 13.0. The number of aromatic nitrogens is 1. The minimum Gasteiger partial charge on any atom is -0.393 e. The fourth-order valence-electron chi connectivity index (χ4n) is 2.19. The molecular formula is C16H20N2O2. The van der Waals surface area contributed by atoms with Gasteiger partial charge >= 0.3 is 0 Å². The second-order valence-corrected chi connectivity index (χ2v) is 5.08. The van der Waals surface area contributed by atoms with Crippen molar-refractivity contribution in [1.29, 1.82) is 0 Å². The highest BCUT2D eigenvalue weighted by atomic mass is 16.3. The summed E-state index contributed by atoms with van der Waals surface area (Å²) in [6, 6.07) is 9.45. The molecule has 0 aliphatic rings. The molecule has 20 heavy (non-hydrogen) atoms.